The average Bonchev–Trinajstić information content (AvgIpc) is 2.60. The summed E-state index contributed by atoms with van der Waals surface area (Å²) >= 11 is 0. The smallest absolute Gasteiger partial charge is 0.230 e. The predicted molar refractivity (Wildman–Crippen MR) is 91.2 cm³/mol. The van der Waals surface area contributed by atoms with Gasteiger partial charge in [0.15, 0.2) is 0 Å². The fraction of sp³-hybridized carbons (Fsp3) is 0.632. The van der Waals surface area contributed by atoms with Crippen molar-refractivity contribution < 1.29 is 19.0 Å². The first-order chi connectivity index (χ1) is 11.3. The number of amides is 1. The first-order valence-corrected chi connectivity index (χ1v) is 8.66. The largest absolute Gasteiger partial charge is 0.388 e. The standard InChI is InChI=1S/C19H28FNO3/c1-4-14(2)18(3,23)13-21-17(22)19(9-11-24-12-10-19)15-5-7-16(20)8-6-15/h5-8,14,23H,4,9-13H2,1-3H3,(H,21,22). The van der Waals surface area contributed by atoms with E-state index in [1.54, 1.807) is 19.1 Å². The van der Waals surface area contributed by atoms with Gasteiger partial charge in [0.1, 0.15) is 5.82 Å². The van der Waals surface area contributed by atoms with E-state index in [2.05, 4.69) is 5.32 Å². The minimum Gasteiger partial charge on any atom is -0.388 e. The third-order valence-corrected chi connectivity index (χ3v) is 5.46. The van der Waals surface area contributed by atoms with E-state index in [4.69, 9.17) is 4.74 Å². The first kappa shape index (κ1) is 18.9. The van der Waals surface area contributed by atoms with Gasteiger partial charge in [-0.3, -0.25) is 4.79 Å². The Labute approximate surface area is 143 Å². The van der Waals surface area contributed by atoms with Crippen molar-refractivity contribution in [2.24, 2.45) is 5.92 Å². The molecule has 1 fully saturated rings. The van der Waals surface area contributed by atoms with E-state index in [-0.39, 0.29) is 24.2 Å². The number of hydrogen-bond donors (Lipinski definition) is 2. The van der Waals surface area contributed by atoms with Gasteiger partial charge in [-0.05, 0) is 43.4 Å². The van der Waals surface area contributed by atoms with Gasteiger partial charge >= 0.3 is 0 Å². The lowest BCUT2D eigenvalue weighted by Gasteiger charge is -2.38. The first-order valence-electron chi connectivity index (χ1n) is 8.66. The summed E-state index contributed by atoms with van der Waals surface area (Å²) in [5, 5.41) is 13.5. The molecule has 1 saturated heterocycles. The van der Waals surface area contributed by atoms with Crippen molar-refractivity contribution >= 4 is 5.91 Å². The van der Waals surface area contributed by atoms with E-state index < -0.39 is 11.0 Å². The van der Waals surface area contributed by atoms with Crippen molar-refractivity contribution in [3.8, 4) is 0 Å². The molecule has 2 atom stereocenters. The second kappa shape index (κ2) is 7.62. The third-order valence-electron chi connectivity index (χ3n) is 5.46. The lowest BCUT2D eigenvalue weighted by Crippen LogP contribution is -2.53. The van der Waals surface area contributed by atoms with Crippen LogP contribution < -0.4 is 5.32 Å². The van der Waals surface area contributed by atoms with E-state index in [1.165, 1.54) is 12.1 Å². The molecule has 1 heterocycles. The van der Waals surface area contributed by atoms with Crippen LogP contribution in [0.5, 0.6) is 0 Å². The van der Waals surface area contributed by atoms with Crippen molar-refractivity contribution in [2.45, 2.75) is 51.0 Å². The Morgan fingerprint density at radius 3 is 2.50 bits per heavy atom. The Bertz CT molecular complexity index is 550. The maximum absolute atomic E-state index is 13.3. The van der Waals surface area contributed by atoms with Crippen LogP contribution in [0, 0.1) is 11.7 Å². The highest BCUT2D eigenvalue weighted by atomic mass is 19.1. The summed E-state index contributed by atoms with van der Waals surface area (Å²) in [5.74, 6) is -0.365. The average molecular weight is 337 g/mol. The molecule has 1 aromatic carbocycles. The van der Waals surface area contributed by atoms with E-state index in [0.29, 0.717) is 26.1 Å². The topological polar surface area (TPSA) is 58.6 Å². The number of benzene rings is 1. The molecule has 1 amide bonds. The van der Waals surface area contributed by atoms with Crippen molar-refractivity contribution in [3.05, 3.63) is 35.6 Å². The number of carbonyl (C=O) groups is 1. The van der Waals surface area contributed by atoms with Crippen molar-refractivity contribution in [3.63, 3.8) is 0 Å². The van der Waals surface area contributed by atoms with Crippen LogP contribution in [0.2, 0.25) is 0 Å². The quantitative estimate of drug-likeness (QED) is 0.839. The Morgan fingerprint density at radius 1 is 1.38 bits per heavy atom. The van der Waals surface area contributed by atoms with Gasteiger partial charge in [0.2, 0.25) is 5.91 Å². The lowest BCUT2D eigenvalue weighted by atomic mass is 9.73. The van der Waals surface area contributed by atoms with Crippen LogP contribution >= 0.6 is 0 Å². The number of halogens is 1. The molecule has 24 heavy (non-hydrogen) atoms. The molecule has 1 aliphatic rings. The van der Waals surface area contributed by atoms with E-state index in [0.717, 1.165) is 12.0 Å². The van der Waals surface area contributed by atoms with Gasteiger partial charge < -0.3 is 15.2 Å². The second-order valence-corrected chi connectivity index (χ2v) is 7.05. The van der Waals surface area contributed by atoms with Gasteiger partial charge in [0, 0.05) is 19.8 Å². The summed E-state index contributed by atoms with van der Waals surface area (Å²) in [6.45, 7) is 6.91. The number of hydrogen-bond acceptors (Lipinski definition) is 3. The summed E-state index contributed by atoms with van der Waals surface area (Å²) in [6.07, 6.45) is 1.94. The Kier molecular flexibility index (Phi) is 5.99. The van der Waals surface area contributed by atoms with Crippen LogP contribution in [0.3, 0.4) is 0 Å². The molecule has 2 unspecified atom stereocenters. The Morgan fingerprint density at radius 2 is 1.96 bits per heavy atom. The maximum atomic E-state index is 13.3. The second-order valence-electron chi connectivity index (χ2n) is 7.05. The normalized spacial score (nSPS) is 20.9. The molecule has 5 heteroatoms. The maximum Gasteiger partial charge on any atom is 0.230 e. The summed E-state index contributed by atoms with van der Waals surface area (Å²) in [6, 6.07) is 6.12. The molecule has 2 N–H and O–H groups in total. The van der Waals surface area contributed by atoms with Gasteiger partial charge in [0.25, 0.3) is 0 Å². The van der Waals surface area contributed by atoms with Gasteiger partial charge in [-0.15, -0.1) is 0 Å². The molecule has 134 valence electrons. The molecule has 0 aliphatic carbocycles. The van der Waals surface area contributed by atoms with Gasteiger partial charge in [-0.25, -0.2) is 4.39 Å². The number of aliphatic hydroxyl groups is 1. The fourth-order valence-electron chi connectivity index (χ4n) is 3.18. The van der Waals surface area contributed by atoms with Crippen LogP contribution in [0.25, 0.3) is 0 Å². The van der Waals surface area contributed by atoms with Crippen LogP contribution in [0.4, 0.5) is 4.39 Å². The SMILES string of the molecule is CCC(C)C(C)(O)CNC(=O)C1(c2ccc(F)cc2)CCOCC1. The highest BCUT2D eigenvalue weighted by Crippen LogP contribution is 2.35. The summed E-state index contributed by atoms with van der Waals surface area (Å²) in [5.41, 5.74) is -0.885. The van der Waals surface area contributed by atoms with Gasteiger partial charge in [-0.1, -0.05) is 32.4 Å². The Hall–Kier alpha value is -1.46. The number of nitrogens with one attached hydrogen (secondary N) is 1. The number of rotatable bonds is 6. The monoisotopic (exact) mass is 337 g/mol. The molecule has 4 nitrogen and oxygen atoms in total. The minimum atomic E-state index is -0.959. The van der Waals surface area contributed by atoms with Crippen molar-refractivity contribution in [2.75, 3.05) is 19.8 Å². The molecular formula is C19H28FNO3. The molecule has 0 aromatic heterocycles. The number of ether oxygens (including phenoxy) is 1. The van der Waals surface area contributed by atoms with Gasteiger partial charge in [0.05, 0.1) is 11.0 Å². The highest BCUT2D eigenvalue weighted by Gasteiger charge is 2.42. The van der Waals surface area contributed by atoms with Gasteiger partial charge in [-0.2, -0.15) is 0 Å². The van der Waals surface area contributed by atoms with E-state index in [9.17, 15) is 14.3 Å². The van der Waals surface area contributed by atoms with E-state index in [1.807, 2.05) is 13.8 Å². The fourth-order valence-corrected chi connectivity index (χ4v) is 3.18. The molecular weight excluding hydrogens is 309 g/mol. The molecule has 0 spiro atoms. The van der Waals surface area contributed by atoms with Crippen LogP contribution in [0.15, 0.2) is 24.3 Å². The molecule has 2 rings (SSSR count). The zero-order valence-corrected chi connectivity index (χ0v) is 14.8. The highest BCUT2D eigenvalue weighted by molar-refractivity contribution is 5.88. The zero-order chi connectivity index (χ0) is 17.8. The predicted octanol–water partition coefficient (Wildman–Crippen LogP) is 2.79. The minimum absolute atomic E-state index is 0.0780. The summed E-state index contributed by atoms with van der Waals surface area (Å²) < 4.78 is 18.7. The molecule has 0 radical (unpaired) electrons. The molecule has 0 bridgehead atoms. The van der Waals surface area contributed by atoms with E-state index >= 15 is 0 Å². The van der Waals surface area contributed by atoms with Crippen molar-refractivity contribution in [1.29, 1.82) is 0 Å². The summed E-state index contributed by atoms with van der Waals surface area (Å²) in [7, 11) is 0. The zero-order valence-electron chi connectivity index (χ0n) is 14.8. The van der Waals surface area contributed by atoms with Crippen molar-refractivity contribution in [1.82, 2.24) is 5.32 Å². The number of carbonyl (C=O) groups excluding carboxylic acids is 1. The van der Waals surface area contributed by atoms with Crippen LogP contribution in [-0.2, 0) is 14.9 Å². The van der Waals surface area contributed by atoms with Crippen LogP contribution in [0.1, 0.15) is 45.6 Å². The molecule has 0 saturated carbocycles. The summed E-state index contributed by atoms with van der Waals surface area (Å²) in [4.78, 5) is 13.0. The Balaban J connectivity index is 2.19. The molecule has 1 aromatic rings. The molecule has 1 aliphatic heterocycles. The third kappa shape index (κ3) is 3.95. The van der Waals surface area contributed by atoms with Crippen LogP contribution in [-0.4, -0.2) is 36.4 Å². The lowest BCUT2D eigenvalue weighted by molar-refractivity contribution is -0.132.